The molecule has 1 aliphatic heterocycles. The van der Waals surface area contributed by atoms with Crippen molar-refractivity contribution in [2.24, 2.45) is 5.92 Å². The van der Waals surface area contributed by atoms with Gasteiger partial charge in [0.1, 0.15) is 17.3 Å². The number of halogens is 1. The Morgan fingerprint density at radius 2 is 2.10 bits per heavy atom. The fraction of sp³-hybridized carbons (Fsp3) is 0.435. The number of benzene rings is 2. The Morgan fingerprint density at radius 3 is 2.90 bits per heavy atom. The van der Waals surface area contributed by atoms with Crippen LogP contribution in [0.5, 0.6) is 11.5 Å². The highest BCUT2D eigenvalue weighted by Gasteiger charge is 2.21. The lowest BCUT2D eigenvalue weighted by molar-refractivity contribution is -0.121. The Morgan fingerprint density at radius 1 is 1.28 bits per heavy atom. The van der Waals surface area contributed by atoms with Gasteiger partial charge in [0.05, 0.1) is 7.11 Å². The van der Waals surface area contributed by atoms with Gasteiger partial charge in [-0.2, -0.15) is 0 Å². The van der Waals surface area contributed by atoms with Crippen molar-refractivity contribution in [3.63, 3.8) is 0 Å². The summed E-state index contributed by atoms with van der Waals surface area (Å²) in [5, 5.41) is 12.9. The van der Waals surface area contributed by atoms with E-state index in [1.807, 2.05) is 6.07 Å². The SMILES string of the molecule is COc1ccc(O)c(CN2CCCC(CCC(=O)NCc3ccccc3F)C2)c1. The summed E-state index contributed by atoms with van der Waals surface area (Å²) in [5.41, 5.74) is 1.36. The molecule has 1 saturated heterocycles. The maximum atomic E-state index is 13.6. The number of piperidine rings is 1. The minimum atomic E-state index is -0.295. The van der Waals surface area contributed by atoms with Crippen molar-refractivity contribution >= 4 is 5.91 Å². The Hall–Kier alpha value is -2.60. The summed E-state index contributed by atoms with van der Waals surface area (Å²) >= 11 is 0. The zero-order valence-corrected chi connectivity index (χ0v) is 16.9. The highest BCUT2D eigenvalue weighted by Crippen LogP contribution is 2.27. The van der Waals surface area contributed by atoms with E-state index < -0.39 is 0 Å². The topological polar surface area (TPSA) is 61.8 Å². The highest BCUT2D eigenvalue weighted by molar-refractivity contribution is 5.75. The van der Waals surface area contributed by atoms with Gasteiger partial charge in [0.25, 0.3) is 0 Å². The van der Waals surface area contributed by atoms with Crippen LogP contribution in [0.3, 0.4) is 0 Å². The molecule has 6 heteroatoms. The molecule has 1 heterocycles. The molecule has 2 aromatic carbocycles. The number of amides is 1. The van der Waals surface area contributed by atoms with Crippen LogP contribution in [0.4, 0.5) is 4.39 Å². The number of nitrogens with zero attached hydrogens (tertiary/aromatic N) is 1. The number of ether oxygens (including phenoxy) is 1. The summed E-state index contributed by atoms with van der Waals surface area (Å²) in [4.78, 5) is 14.5. The van der Waals surface area contributed by atoms with E-state index in [9.17, 15) is 14.3 Å². The molecule has 0 spiro atoms. The molecule has 1 fully saturated rings. The second-order valence-corrected chi connectivity index (χ2v) is 7.64. The van der Waals surface area contributed by atoms with Crippen LogP contribution in [0.15, 0.2) is 42.5 Å². The molecule has 0 radical (unpaired) electrons. The number of hydrogen-bond donors (Lipinski definition) is 2. The molecular formula is C23H29FN2O3. The van der Waals surface area contributed by atoms with Gasteiger partial charge in [0.2, 0.25) is 5.91 Å². The van der Waals surface area contributed by atoms with E-state index in [1.165, 1.54) is 6.07 Å². The fourth-order valence-corrected chi connectivity index (χ4v) is 3.85. The molecule has 2 N–H and O–H groups in total. The zero-order chi connectivity index (χ0) is 20.6. The summed E-state index contributed by atoms with van der Waals surface area (Å²) < 4.78 is 18.9. The van der Waals surface area contributed by atoms with Crippen LogP contribution in [-0.2, 0) is 17.9 Å². The fourth-order valence-electron chi connectivity index (χ4n) is 3.85. The van der Waals surface area contributed by atoms with E-state index in [1.54, 1.807) is 37.4 Å². The van der Waals surface area contributed by atoms with Crippen molar-refractivity contribution in [2.75, 3.05) is 20.2 Å². The molecule has 29 heavy (non-hydrogen) atoms. The normalized spacial score (nSPS) is 17.1. The molecule has 5 nitrogen and oxygen atoms in total. The third-order valence-corrected chi connectivity index (χ3v) is 5.50. The largest absolute Gasteiger partial charge is 0.508 e. The first-order valence-corrected chi connectivity index (χ1v) is 10.1. The van der Waals surface area contributed by atoms with Gasteiger partial charge in [0, 0.05) is 37.2 Å². The first kappa shape index (κ1) is 21.1. The predicted molar refractivity (Wildman–Crippen MR) is 110 cm³/mol. The van der Waals surface area contributed by atoms with Crippen LogP contribution in [0.25, 0.3) is 0 Å². The Kier molecular flexibility index (Phi) is 7.47. The molecule has 0 saturated carbocycles. The first-order valence-electron chi connectivity index (χ1n) is 10.1. The van der Waals surface area contributed by atoms with E-state index in [0.717, 1.165) is 43.7 Å². The minimum absolute atomic E-state index is 0.0455. The van der Waals surface area contributed by atoms with Crippen LogP contribution in [0.2, 0.25) is 0 Å². The maximum absolute atomic E-state index is 13.6. The number of rotatable bonds is 8. The van der Waals surface area contributed by atoms with Gasteiger partial charge in [-0.15, -0.1) is 0 Å². The van der Waals surface area contributed by atoms with Crippen molar-refractivity contribution in [3.05, 3.63) is 59.4 Å². The second-order valence-electron chi connectivity index (χ2n) is 7.64. The molecule has 0 aromatic heterocycles. The molecule has 3 rings (SSSR count). The Labute approximate surface area is 171 Å². The van der Waals surface area contributed by atoms with E-state index in [4.69, 9.17) is 4.74 Å². The summed E-state index contributed by atoms with van der Waals surface area (Å²) in [6.07, 6.45) is 3.43. The standard InChI is InChI=1S/C23H29FN2O3/c1-29-20-9-10-22(27)19(13-20)16-26-12-4-5-17(15-26)8-11-23(28)25-14-18-6-2-3-7-21(18)24/h2-3,6-7,9-10,13,17,27H,4-5,8,11-12,14-16H2,1H3,(H,25,28). The molecule has 0 aliphatic carbocycles. The summed E-state index contributed by atoms with van der Waals surface area (Å²) in [7, 11) is 1.62. The summed E-state index contributed by atoms with van der Waals surface area (Å²) in [6, 6.07) is 11.8. The highest BCUT2D eigenvalue weighted by atomic mass is 19.1. The van der Waals surface area contributed by atoms with Crippen LogP contribution in [0.1, 0.15) is 36.8 Å². The Balaban J connectivity index is 1.45. The maximum Gasteiger partial charge on any atom is 0.220 e. The molecule has 2 aromatic rings. The third-order valence-electron chi connectivity index (χ3n) is 5.50. The van der Waals surface area contributed by atoms with Crippen molar-refractivity contribution < 1.29 is 19.0 Å². The zero-order valence-electron chi connectivity index (χ0n) is 16.9. The predicted octanol–water partition coefficient (Wildman–Crippen LogP) is 3.85. The monoisotopic (exact) mass is 400 g/mol. The molecule has 156 valence electrons. The van der Waals surface area contributed by atoms with Gasteiger partial charge in [0.15, 0.2) is 0 Å². The van der Waals surface area contributed by atoms with Crippen LogP contribution in [0, 0.1) is 11.7 Å². The van der Waals surface area contributed by atoms with E-state index in [0.29, 0.717) is 24.4 Å². The Bertz CT molecular complexity index is 828. The van der Waals surface area contributed by atoms with Gasteiger partial charge in [-0.25, -0.2) is 4.39 Å². The average molecular weight is 400 g/mol. The van der Waals surface area contributed by atoms with Crippen molar-refractivity contribution in [3.8, 4) is 11.5 Å². The number of likely N-dealkylation sites (tertiary alicyclic amines) is 1. The lowest BCUT2D eigenvalue weighted by Gasteiger charge is -2.33. The van der Waals surface area contributed by atoms with Gasteiger partial charge < -0.3 is 15.2 Å². The number of nitrogens with one attached hydrogen (secondary N) is 1. The molecule has 1 amide bonds. The summed E-state index contributed by atoms with van der Waals surface area (Å²) in [6.45, 7) is 2.76. The van der Waals surface area contributed by atoms with Crippen LogP contribution in [-0.4, -0.2) is 36.1 Å². The quantitative estimate of drug-likeness (QED) is 0.707. The molecule has 1 atom stereocenters. The van der Waals surface area contributed by atoms with E-state index in [2.05, 4.69) is 10.2 Å². The number of phenolic OH excluding ortho intramolecular Hbond substituents is 1. The number of phenols is 1. The van der Waals surface area contributed by atoms with Crippen molar-refractivity contribution in [2.45, 2.75) is 38.8 Å². The first-order chi connectivity index (χ1) is 14.0. The van der Waals surface area contributed by atoms with E-state index in [-0.39, 0.29) is 24.0 Å². The molecule has 1 aliphatic rings. The lowest BCUT2D eigenvalue weighted by atomic mass is 9.93. The smallest absolute Gasteiger partial charge is 0.220 e. The minimum Gasteiger partial charge on any atom is -0.508 e. The number of methoxy groups -OCH3 is 1. The number of aromatic hydroxyl groups is 1. The van der Waals surface area contributed by atoms with Crippen LogP contribution < -0.4 is 10.1 Å². The van der Waals surface area contributed by atoms with Gasteiger partial charge in [-0.1, -0.05) is 18.2 Å². The van der Waals surface area contributed by atoms with Crippen molar-refractivity contribution in [1.29, 1.82) is 0 Å². The van der Waals surface area contributed by atoms with Gasteiger partial charge in [-0.3, -0.25) is 9.69 Å². The average Bonchev–Trinajstić information content (AvgIpc) is 2.73. The third kappa shape index (κ3) is 6.19. The van der Waals surface area contributed by atoms with Crippen LogP contribution >= 0.6 is 0 Å². The van der Waals surface area contributed by atoms with E-state index >= 15 is 0 Å². The van der Waals surface area contributed by atoms with Gasteiger partial charge >= 0.3 is 0 Å². The summed E-state index contributed by atoms with van der Waals surface area (Å²) in [5.74, 6) is 1.11. The second kappa shape index (κ2) is 10.3. The molecule has 1 unspecified atom stereocenters. The van der Waals surface area contributed by atoms with Gasteiger partial charge in [-0.05, 0) is 56.0 Å². The number of carbonyl (C=O) groups is 1. The number of carbonyl (C=O) groups excluding carboxylic acids is 1. The lowest BCUT2D eigenvalue weighted by Crippen LogP contribution is -2.35. The molecule has 0 bridgehead atoms. The number of hydrogen-bond acceptors (Lipinski definition) is 4. The van der Waals surface area contributed by atoms with Crippen molar-refractivity contribution in [1.82, 2.24) is 10.2 Å². The molecular weight excluding hydrogens is 371 g/mol.